The minimum Gasteiger partial charge on any atom is -0.468 e. The van der Waals surface area contributed by atoms with E-state index in [0.29, 0.717) is 19.5 Å². The van der Waals surface area contributed by atoms with Crippen LogP contribution < -0.4 is 5.32 Å². The van der Waals surface area contributed by atoms with E-state index in [1.54, 1.807) is 6.07 Å². The lowest BCUT2D eigenvalue weighted by Crippen LogP contribution is -2.34. The highest BCUT2D eigenvalue weighted by molar-refractivity contribution is 5.16. The molecule has 0 aliphatic rings. The van der Waals surface area contributed by atoms with Crippen LogP contribution >= 0.6 is 0 Å². The summed E-state index contributed by atoms with van der Waals surface area (Å²) in [5.41, 5.74) is 0.825. The fraction of sp³-hybridized carbons (Fsp3) is 0.714. The SMILES string of the molecule is CCCNCc1occc1CN(CCC)CC(F)(F)F. The number of nitrogens with one attached hydrogen (secondary N) is 1. The van der Waals surface area contributed by atoms with Crippen LogP contribution in [0.25, 0.3) is 0 Å². The maximum Gasteiger partial charge on any atom is 0.401 e. The monoisotopic (exact) mass is 292 g/mol. The lowest BCUT2D eigenvalue weighted by Gasteiger charge is -2.22. The van der Waals surface area contributed by atoms with Crippen molar-refractivity contribution in [3.8, 4) is 0 Å². The molecule has 0 aliphatic heterocycles. The quantitative estimate of drug-likeness (QED) is 0.706. The van der Waals surface area contributed by atoms with Gasteiger partial charge >= 0.3 is 6.18 Å². The number of halogens is 3. The molecule has 0 bridgehead atoms. The van der Waals surface area contributed by atoms with Gasteiger partial charge in [-0.05, 0) is 32.0 Å². The van der Waals surface area contributed by atoms with Gasteiger partial charge in [-0.15, -0.1) is 0 Å². The minimum absolute atomic E-state index is 0.271. The van der Waals surface area contributed by atoms with Gasteiger partial charge in [0.15, 0.2) is 0 Å². The Bertz CT molecular complexity index is 377. The summed E-state index contributed by atoms with van der Waals surface area (Å²) in [6.07, 6.45) is -0.932. The van der Waals surface area contributed by atoms with Crippen LogP contribution in [0, 0.1) is 0 Å². The molecule has 1 heterocycles. The molecule has 20 heavy (non-hydrogen) atoms. The van der Waals surface area contributed by atoms with Gasteiger partial charge in [-0.1, -0.05) is 13.8 Å². The summed E-state index contributed by atoms with van der Waals surface area (Å²) < 4.78 is 42.9. The van der Waals surface area contributed by atoms with Gasteiger partial charge in [-0.3, -0.25) is 4.90 Å². The first-order valence-corrected chi connectivity index (χ1v) is 7.01. The van der Waals surface area contributed by atoms with E-state index in [4.69, 9.17) is 4.42 Å². The fourth-order valence-corrected chi connectivity index (χ4v) is 2.07. The molecule has 0 saturated carbocycles. The molecule has 0 saturated heterocycles. The molecule has 1 N–H and O–H groups in total. The summed E-state index contributed by atoms with van der Waals surface area (Å²) in [6, 6.07) is 1.75. The van der Waals surface area contributed by atoms with Crippen molar-refractivity contribution in [1.82, 2.24) is 10.2 Å². The van der Waals surface area contributed by atoms with Crippen molar-refractivity contribution in [2.45, 2.75) is 46.0 Å². The predicted octanol–water partition coefficient (Wildman–Crippen LogP) is 3.55. The Morgan fingerprint density at radius 2 is 2.00 bits per heavy atom. The molecular formula is C14H23F3N2O. The third-order valence-corrected chi connectivity index (χ3v) is 2.89. The first-order valence-electron chi connectivity index (χ1n) is 7.01. The molecule has 0 atom stereocenters. The number of rotatable bonds is 9. The summed E-state index contributed by atoms with van der Waals surface area (Å²) in [5, 5.41) is 3.20. The zero-order chi connectivity index (χ0) is 15.0. The smallest absolute Gasteiger partial charge is 0.401 e. The van der Waals surface area contributed by atoms with E-state index >= 15 is 0 Å². The molecule has 0 fully saturated rings. The summed E-state index contributed by atoms with van der Waals surface area (Å²) in [6.45, 7) is 5.17. The Balaban J connectivity index is 2.61. The highest BCUT2D eigenvalue weighted by Crippen LogP contribution is 2.20. The van der Waals surface area contributed by atoms with Gasteiger partial charge in [0, 0.05) is 12.1 Å². The van der Waals surface area contributed by atoms with Crippen LogP contribution in [0.15, 0.2) is 16.7 Å². The highest BCUT2D eigenvalue weighted by atomic mass is 19.4. The number of nitrogens with zero attached hydrogens (tertiary/aromatic N) is 1. The van der Waals surface area contributed by atoms with E-state index in [9.17, 15) is 13.2 Å². The maximum absolute atomic E-state index is 12.5. The van der Waals surface area contributed by atoms with Crippen molar-refractivity contribution >= 4 is 0 Å². The predicted molar refractivity (Wildman–Crippen MR) is 72.3 cm³/mol. The third kappa shape index (κ3) is 6.43. The molecule has 0 spiro atoms. The van der Waals surface area contributed by atoms with Gasteiger partial charge in [-0.2, -0.15) is 13.2 Å². The van der Waals surface area contributed by atoms with Crippen LogP contribution in [-0.4, -0.2) is 30.7 Å². The molecule has 1 aromatic rings. The standard InChI is InChI=1S/C14H23F3N2O/c1-3-6-18-9-13-12(5-8-20-13)10-19(7-4-2)11-14(15,16)17/h5,8,18H,3-4,6-7,9-11H2,1-2H3. The van der Waals surface area contributed by atoms with Gasteiger partial charge in [0.1, 0.15) is 5.76 Å². The van der Waals surface area contributed by atoms with Crippen molar-refractivity contribution in [2.75, 3.05) is 19.6 Å². The van der Waals surface area contributed by atoms with Crippen LogP contribution in [-0.2, 0) is 13.1 Å². The van der Waals surface area contributed by atoms with Crippen LogP contribution in [0.3, 0.4) is 0 Å². The Morgan fingerprint density at radius 3 is 2.60 bits per heavy atom. The molecule has 0 radical (unpaired) electrons. The first-order chi connectivity index (χ1) is 9.46. The lowest BCUT2D eigenvalue weighted by atomic mass is 10.2. The van der Waals surface area contributed by atoms with Crippen LogP contribution in [0.2, 0.25) is 0 Å². The molecule has 116 valence electrons. The van der Waals surface area contributed by atoms with Crippen molar-refractivity contribution in [2.24, 2.45) is 0 Å². The van der Waals surface area contributed by atoms with Crippen LogP contribution in [0.4, 0.5) is 13.2 Å². The average molecular weight is 292 g/mol. The Labute approximate surface area is 118 Å². The van der Waals surface area contributed by atoms with Crippen molar-refractivity contribution < 1.29 is 17.6 Å². The third-order valence-electron chi connectivity index (χ3n) is 2.89. The molecule has 0 aromatic carbocycles. The molecule has 1 aromatic heterocycles. The van der Waals surface area contributed by atoms with E-state index in [2.05, 4.69) is 12.2 Å². The molecule has 1 rings (SSSR count). The molecular weight excluding hydrogens is 269 g/mol. The summed E-state index contributed by atoms with van der Waals surface area (Å²) in [7, 11) is 0. The molecule has 0 amide bonds. The minimum atomic E-state index is -4.17. The largest absolute Gasteiger partial charge is 0.468 e. The Morgan fingerprint density at radius 1 is 1.25 bits per heavy atom. The van der Waals surface area contributed by atoms with E-state index in [1.807, 2.05) is 6.92 Å². The van der Waals surface area contributed by atoms with Crippen molar-refractivity contribution in [3.63, 3.8) is 0 Å². The van der Waals surface area contributed by atoms with Crippen molar-refractivity contribution in [3.05, 3.63) is 23.7 Å². The Kier molecular flexibility index (Phi) is 7.09. The second-order valence-corrected chi connectivity index (χ2v) is 4.87. The summed E-state index contributed by atoms with van der Waals surface area (Å²) in [5.74, 6) is 0.724. The summed E-state index contributed by atoms with van der Waals surface area (Å²) in [4.78, 5) is 1.41. The van der Waals surface area contributed by atoms with E-state index in [1.165, 1.54) is 11.2 Å². The molecule has 6 heteroatoms. The second kappa shape index (κ2) is 8.32. The number of furan rings is 1. The zero-order valence-corrected chi connectivity index (χ0v) is 12.1. The highest BCUT2D eigenvalue weighted by Gasteiger charge is 2.30. The van der Waals surface area contributed by atoms with E-state index in [-0.39, 0.29) is 6.54 Å². The number of hydrogen-bond donors (Lipinski definition) is 1. The zero-order valence-electron chi connectivity index (χ0n) is 12.1. The summed E-state index contributed by atoms with van der Waals surface area (Å²) >= 11 is 0. The molecule has 0 unspecified atom stereocenters. The maximum atomic E-state index is 12.5. The Hall–Kier alpha value is -1.01. The molecule has 3 nitrogen and oxygen atoms in total. The van der Waals surface area contributed by atoms with Gasteiger partial charge < -0.3 is 9.73 Å². The normalized spacial score (nSPS) is 12.3. The topological polar surface area (TPSA) is 28.4 Å². The fourth-order valence-electron chi connectivity index (χ4n) is 2.07. The number of alkyl halides is 3. The number of hydrogen-bond acceptors (Lipinski definition) is 3. The average Bonchev–Trinajstić information content (AvgIpc) is 2.75. The second-order valence-electron chi connectivity index (χ2n) is 4.87. The van der Waals surface area contributed by atoms with Gasteiger partial charge in [0.25, 0.3) is 0 Å². The van der Waals surface area contributed by atoms with Gasteiger partial charge in [0.05, 0.1) is 19.4 Å². The first kappa shape index (κ1) is 17.0. The lowest BCUT2D eigenvalue weighted by molar-refractivity contribution is -0.147. The van der Waals surface area contributed by atoms with E-state index < -0.39 is 12.7 Å². The van der Waals surface area contributed by atoms with Crippen molar-refractivity contribution in [1.29, 1.82) is 0 Å². The van der Waals surface area contributed by atoms with Crippen LogP contribution in [0.1, 0.15) is 38.0 Å². The molecule has 0 aliphatic carbocycles. The van der Waals surface area contributed by atoms with Gasteiger partial charge in [0.2, 0.25) is 0 Å². The van der Waals surface area contributed by atoms with E-state index in [0.717, 1.165) is 24.3 Å². The van der Waals surface area contributed by atoms with Gasteiger partial charge in [-0.25, -0.2) is 0 Å². The van der Waals surface area contributed by atoms with Crippen LogP contribution in [0.5, 0.6) is 0 Å².